The number of nitrogens with zero attached hydrogens (tertiary/aromatic N) is 8. The first-order valence-electron chi connectivity index (χ1n) is 14.2. The monoisotopic (exact) mass is 579 g/mol. The lowest BCUT2D eigenvalue weighted by Gasteiger charge is -2.26. The highest BCUT2D eigenvalue weighted by molar-refractivity contribution is 5.86. The third-order valence-electron chi connectivity index (χ3n) is 7.40. The second kappa shape index (κ2) is 12.2. The largest absolute Gasteiger partial charge is 0.490 e. The van der Waals surface area contributed by atoms with Crippen LogP contribution in [0, 0.1) is 25.2 Å². The van der Waals surface area contributed by atoms with Gasteiger partial charge in [-0.1, -0.05) is 0 Å². The highest BCUT2D eigenvalue weighted by Gasteiger charge is 2.19. The Kier molecular flexibility index (Phi) is 8.02. The predicted molar refractivity (Wildman–Crippen MR) is 161 cm³/mol. The number of benzene rings is 1. The van der Waals surface area contributed by atoms with Crippen LogP contribution in [-0.4, -0.2) is 78.8 Å². The normalized spacial score (nSPS) is 14.5. The van der Waals surface area contributed by atoms with Gasteiger partial charge in [-0.05, 0) is 57.2 Å². The van der Waals surface area contributed by atoms with Crippen molar-refractivity contribution in [3.63, 3.8) is 0 Å². The average Bonchev–Trinajstić information content (AvgIpc) is 3.61. The molecule has 0 amide bonds. The number of aryl methyl sites for hydroxylation is 2. The Morgan fingerprint density at radius 3 is 2.67 bits per heavy atom. The fourth-order valence-electron chi connectivity index (χ4n) is 5.07. The fraction of sp³-hybridized carbons (Fsp3) is 0.323. The van der Waals surface area contributed by atoms with Gasteiger partial charge in [0.05, 0.1) is 47.9 Å². The second-order valence-corrected chi connectivity index (χ2v) is 10.5. The number of hydrogen-bond donors (Lipinski definition) is 2. The number of aliphatic hydroxyl groups excluding tert-OH is 1. The van der Waals surface area contributed by atoms with E-state index in [4.69, 9.17) is 14.5 Å². The molecule has 0 bridgehead atoms. The van der Waals surface area contributed by atoms with Crippen molar-refractivity contribution in [2.24, 2.45) is 0 Å². The number of anilines is 2. The van der Waals surface area contributed by atoms with E-state index in [0.717, 1.165) is 66.6 Å². The Hall–Kier alpha value is -4.83. The molecule has 1 atom stereocenters. The third-order valence-corrected chi connectivity index (χ3v) is 7.40. The molecule has 43 heavy (non-hydrogen) atoms. The molecule has 1 aromatic carbocycles. The van der Waals surface area contributed by atoms with Gasteiger partial charge in [0.15, 0.2) is 11.5 Å². The highest BCUT2D eigenvalue weighted by atomic mass is 16.5. The molecule has 0 spiro atoms. The maximum Gasteiger partial charge on any atom is 0.163 e. The number of imidazole rings is 1. The first-order chi connectivity index (χ1) is 20.9. The number of aromatic nitrogens is 6. The average molecular weight is 580 g/mol. The van der Waals surface area contributed by atoms with Crippen molar-refractivity contribution < 1.29 is 14.6 Å². The Labute approximate surface area is 249 Å². The van der Waals surface area contributed by atoms with E-state index in [2.05, 4.69) is 31.4 Å². The van der Waals surface area contributed by atoms with Gasteiger partial charge in [-0.25, -0.2) is 14.6 Å². The van der Waals surface area contributed by atoms with Gasteiger partial charge >= 0.3 is 0 Å². The van der Waals surface area contributed by atoms with Crippen LogP contribution in [-0.2, 0) is 4.74 Å². The number of rotatable bonds is 9. The van der Waals surface area contributed by atoms with Crippen molar-refractivity contribution in [2.75, 3.05) is 44.8 Å². The number of morpholine rings is 1. The summed E-state index contributed by atoms with van der Waals surface area (Å²) < 4.78 is 15.3. The zero-order valence-electron chi connectivity index (χ0n) is 24.4. The Morgan fingerprint density at radius 2 is 1.95 bits per heavy atom. The lowest BCUT2D eigenvalue weighted by Crippen LogP contribution is -2.38. The number of aliphatic hydroxyl groups is 1. The molecule has 1 aliphatic heterocycles. The van der Waals surface area contributed by atoms with E-state index >= 15 is 0 Å². The van der Waals surface area contributed by atoms with Gasteiger partial charge in [-0.2, -0.15) is 10.4 Å². The van der Waals surface area contributed by atoms with Crippen molar-refractivity contribution in [2.45, 2.75) is 26.9 Å². The molecular formula is C31H33N9O3. The maximum absolute atomic E-state index is 10.5. The van der Waals surface area contributed by atoms with E-state index in [9.17, 15) is 10.4 Å². The first-order valence-corrected chi connectivity index (χ1v) is 14.2. The quantitative estimate of drug-likeness (QED) is 0.263. The van der Waals surface area contributed by atoms with Crippen LogP contribution in [0.25, 0.3) is 22.7 Å². The number of ether oxygens (including phenoxy) is 2. The van der Waals surface area contributed by atoms with Gasteiger partial charge in [0.2, 0.25) is 0 Å². The zero-order valence-corrected chi connectivity index (χ0v) is 24.4. The van der Waals surface area contributed by atoms with E-state index in [1.54, 1.807) is 30.2 Å². The molecule has 12 heteroatoms. The third kappa shape index (κ3) is 6.05. The Bertz CT molecular complexity index is 1780. The summed E-state index contributed by atoms with van der Waals surface area (Å²) in [6, 6.07) is 15.3. The molecule has 1 unspecified atom stereocenters. The van der Waals surface area contributed by atoms with Crippen LogP contribution in [0.4, 0.5) is 11.4 Å². The van der Waals surface area contributed by atoms with Gasteiger partial charge in [0, 0.05) is 42.7 Å². The standard InChI is InChI=1S/C31H33N9O3/c1-20-4-5-23(18-33-20)35-27-15-26-28(16-29(27)43-13-10-38-8-11-42-12-9-38)39(19-34-26)30-7-6-25(22(3)41)31(36-30)40-21(2)14-24(17-32)37-40/h4-7,14-16,18-19,22,35,41H,8-13H2,1-3H3. The van der Waals surface area contributed by atoms with Crippen LogP contribution in [0.15, 0.2) is 55.0 Å². The van der Waals surface area contributed by atoms with E-state index in [1.807, 2.05) is 54.8 Å². The maximum atomic E-state index is 10.5. The fourth-order valence-corrected chi connectivity index (χ4v) is 5.07. The van der Waals surface area contributed by atoms with Crippen molar-refractivity contribution in [1.82, 2.24) is 34.2 Å². The van der Waals surface area contributed by atoms with Crippen LogP contribution in [0.5, 0.6) is 5.75 Å². The van der Waals surface area contributed by atoms with Crippen LogP contribution in [0.3, 0.4) is 0 Å². The van der Waals surface area contributed by atoms with E-state index in [0.29, 0.717) is 29.6 Å². The van der Waals surface area contributed by atoms with Gasteiger partial charge in [-0.15, -0.1) is 0 Å². The van der Waals surface area contributed by atoms with Crippen LogP contribution in [0.1, 0.15) is 35.7 Å². The molecule has 1 saturated heterocycles. The minimum absolute atomic E-state index is 0.275. The van der Waals surface area contributed by atoms with Crippen molar-refractivity contribution in [1.29, 1.82) is 5.26 Å². The minimum Gasteiger partial charge on any atom is -0.490 e. The summed E-state index contributed by atoms with van der Waals surface area (Å²) in [6.45, 7) is 10.0. The Morgan fingerprint density at radius 1 is 1.12 bits per heavy atom. The summed E-state index contributed by atoms with van der Waals surface area (Å²) in [6.07, 6.45) is 2.71. The van der Waals surface area contributed by atoms with E-state index < -0.39 is 6.10 Å². The number of fused-ring (bicyclic) bond motifs is 1. The van der Waals surface area contributed by atoms with E-state index in [1.165, 1.54) is 0 Å². The molecule has 1 fully saturated rings. The van der Waals surface area contributed by atoms with Gasteiger partial charge in [-0.3, -0.25) is 14.5 Å². The lowest BCUT2D eigenvalue weighted by molar-refractivity contribution is 0.0323. The topological polar surface area (TPSA) is 139 Å². The van der Waals surface area contributed by atoms with Crippen molar-refractivity contribution in [3.05, 3.63) is 77.6 Å². The number of hydrogen-bond acceptors (Lipinski definition) is 10. The first kappa shape index (κ1) is 28.3. The molecule has 5 aromatic rings. The summed E-state index contributed by atoms with van der Waals surface area (Å²) in [5.41, 5.74) is 5.69. The van der Waals surface area contributed by atoms with Crippen molar-refractivity contribution >= 4 is 22.4 Å². The smallest absolute Gasteiger partial charge is 0.163 e. The molecular weight excluding hydrogens is 546 g/mol. The van der Waals surface area contributed by atoms with Gasteiger partial charge < -0.3 is 19.9 Å². The zero-order chi connectivity index (χ0) is 29.9. The summed E-state index contributed by atoms with van der Waals surface area (Å²) in [7, 11) is 0. The molecule has 0 aliphatic carbocycles. The molecule has 2 N–H and O–H groups in total. The summed E-state index contributed by atoms with van der Waals surface area (Å²) in [5, 5.41) is 27.7. The minimum atomic E-state index is -0.790. The predicted octanol–water partition coefficient (Wildman–Crippen LogP) is 4.00. The molecule has 1 aliphatic rings. The number of nitriles is 1. The SMILES string of the molecule is Cc1ccc(Nc2cc3ncn(-c4ccc(C(C)O)c(-n5nc(C#N)cc5C)n4)c3cc2OCCN2CCOCC2)cn1. The molecule has 6 rings (SSSR count). The lowest BCUT2D eigenvalue weighted by atomic mass is 10.1. The molecule has 0 saturated carbocycles. The molecule has 5 heterocycles. The summed E-state index contributed by atoms with van der Waals surface area (Å²) in [4.78, 5) is 16.3. The molecule has 4 aromatic heterocycles. The molecule has 220 valence electrons. The van der Waals surface area contributed by atoms with Crippen molar-refractivity contribution in [3.8, 4) is 23.5 Å². The van der Waals surface area contributed by atoms with Crippen LogP contribution in [0.2, 0.25) is 0 Å². The Balaban J connectivity index is 1.39. The second-order valence-electron chi connectivity index (χ2n) is 10.5. The van der Waals surface area contributed by atoms with Gasteiger partial charge in [0.1, 0.15) is 30.6 Å². The highest BCUT2D eigenvalue weighted by Crippen LogP contribution is 2.34. The number of pyridine rings is 2. The molecule has 0 radical (unpaired) electrons. The van der Waals surface area contributed by atoms with Crippen LogP contribution < -0.4 is 10.1 Å². The van der Waals surface area contributed by atoms with Gasteiger partial charge in [0.25, 0.3) is 0 Å². The van der Waals surface area contributed by atoms with E-state index in [-0.39, 0.29) is 5.69 Å². The molecule has 12 nitrogen and oxygen atoms in total. The summed E-state index contributed by atoms with van der Waals surface area (Å²) >= 11 is 0. The number of nitrogens with one attached hydrogen (secondary N) is 1. The van der Waals surface area contributed by atoms with Crippen LogP contribution >= 0.6 is 0 Å². The summed E-state index contributed by atoms with van der Waals surface area (Å²) in [5.74, 6) is 1.70.